The van der Waals surface area contributed by atoms with Crippen molar-refractivity contribution in [1.29, 1.82) is 0 Å². The smallest absolute Gasteiger partial charge is 0.305 e. The molecule has 0 aliphatic heterocycles. The number of carbonyl (C=O) groups excluding carboxylic acids is 1. The van der Waals surface area contributed by atoms with Crippen molar-refractivity contribution in [2.75, 3.05) is 0 Å². The van der Waals surface area contributed by atoms with Gasteiger partial charge >= 0.3 is 5.97 Å². The Morgan fingerprint density at radius 3 is 2.62 bits per heavy atom. The molecule has 0 aliphatic rings. The van der Waals surface area contributed by atoms with Crippen molar-refractivity contribution in [1.82, 2.24) is 5.32 Å². The monoisotopic (exact) mass is 241 g/mol. The molecular formula is C11H15NO3S. The number of aliphatic carboxylic acids is 1. The van der Waals surface area contributed by atoms with E-state index in [0.29, 0.717) is 11.3 Å². The Morgan fingerprint density at radius 1 is 1.50 bits per heavy atom. The van der Waals surface area contributed by atoms with Crippen molar-refractivity contribution in [2.45, 2.75) is 32.7 Å². The zero-order valence-corrected chi connectivity index (χ0v) is 10.1. The highest BCUT2D eigenvalue weighted by Crippen LogP contribution is 2.15. The first-order valence-electron chi connectivity index (χ1n) is 5.12. The van der Waals surface area contributed by atoms with Gasteiger partial charge in [-0.15, -0.1) is 11.3 Å². The van der Waals surface area contributed by atoms with Gasteiger partial charge in [-0.25, -0.2) is 0 Å². The Labute approximate surface area is 98.3 Å². The van der Waals surface area contributed by atoms with E-state index in [4.69, 9.17) is 5.11 Å². The number of carboxylic acids is 1. The van der Waals surface area contributed by atoms with Crippen molar-refractivity contribution in [3.05, 3.63) is 21.9 Å². The van der Waals surface area contributed by atoms with Crippen LogP contribution in [0.25, 0.3) is 0 Å². The van der Waals surface area contributed by atoms with Crippen LogP contribution in [0.4, 0.5) is 0 Å². The third-order valence-electron chi connectivity index (χ3n) is 2.21. The number of aryl methyl sites for hydroxylation is 1. The minimum Gasteiger partial charge on any atom is -0.481 e. The van der Waals surface area contributed by atoms with E-state index < -0.39 is 5.97 Å². The van der Waals surface area contributed by atoms with E-state index in [1.165, 1.54) is 11.3 Å². The molecule has 88 valence electrons. The van der Waals surface area contributed by atoms with Crippen LogP contribution >= 0.6 is 11.3 Å². The summed E-state index contributed by atoms with van der Waals surface area (Å²) in [4.78, 5) is 23.9. The molecule has 0 fully saturated rings. The van der Waals surface area contributed by atoms with Crippen LogP contribution in [0.3, 0.4) is 0 Å². The number of hydrogen-bond donors (Lipinski definition) is 2. The molecular weight excluding hydrogens is 226 g/mol. The highest BCUT2D eigenvalue weighted by molar-refractivity contribution is 7.13. The molecule has 0 saturated carbocycles. The first kappa shape index (κ1) is 12.7. The van der Waals surface area contributed by atoms with Gasteiger partial charge in [-0.3, -0.25) is 9.59 Å². The van der Waals surface area contributed by atoms with Gasteiger partial charge in [0.05, 0.1) is 11.3 Å². The number of carboxylic acid groups (broad SMARTS) is 1. The van der Waals surface area contributed by atoms with E-state index in [1.807, 2.05) is 19.9 Å². The van der Waals surface area contributed by atoms with Crippen LogP contribution in [0.2, 0.25) is 0 Å². The van der Waals surface area contributed by atoms with Gasteiger partial charge in [0.15, 0.2) is 0 Å². The van der Waals surface area contributed by atoms with E-state index in [-0.39, 0.29) is 18.4 Å². The molecule has 4 nitrogen and oxygen atoms in total. The molecule has 0 radical (unpaired) electrons. The van der Waals surface area contributed by atoms with Crippen LogP contribution in [0, 0.1) is 6.92 Å². The fourth-order valence-corrected chi connectivity index (χ4v) is 2.09. The third kappa shape index (κ3) is 3.66. The Morgan fingerprint density at radius 2 is 2.19 bits per heavy atom. The summed E-state index contributed by atoms with van der Waals surface area (Å²) in [6.07, 6.45) is 0.578. The van der Waals surface area contributed by atoms with Gasteiger partial charge < -0.3 is 10.4 Å². The number of amides is 1. The third-order valence-corrected chi connectivity index (χ3v) is 3.21. The summed E-state index contributed by atoms with van der Waals surface area (Å²) in [6.45, 7) is 3.78. The first-order chi connectivity index (χ1) is 7.52. The van der Waals surface area contributed by atoms with Crippen LogP contribution in [-0.2, 0) is 4.79 Å². The first-order valence-corrected chi connectivity index (χ1v) is 5.93. The summed E-state index contributed by atoms with van der Waals surface area (Å²) >= 11 is 1.41. The SMILES string of the molecule is CCC(CC(=O)O)NC(=O)c1ccc(C)s1. The number of hydrogen-bond acceptors (Lipinski definition) is 3. The number of carbonyl (C=O) groups is 2. The molecule has 1 heterocycles. The largest absolute Gasteiger partial charge is 0.481 e. The average Bonchev–Trinajstić information content (AvgIpc) is 2.63. The molecule has 0 bridgehead atoms. The summed E-state index contributed by atoms with van der Waals surface area (Å²) < 4.78 is 0. The highest BCUT2D eigenvalue weighted by atomic mass is 32.1. The highest BCUT2D eigenvalue weighted by Gasteiger charge is 2.15. The van der Waals surface area contributed by atoms with E-state index in [1.54, 1.807) is 6.07 Å². The van der Waals surface area contributed by atoms with Gasteiger partial charge in [-0.1, -0.05) is 6.92 Å². The predicted octanol–water partition coefficient (Wildman–Crippen LogP) is 2.04. The van der Waals surface area contributed by atoms with E-state index in [0.717, 1.165) is 4.88 Å². The minimum atomic E-state index is -0.894. The predicted molar refractivity (Wildman–Crippen MR) is 62.9 cm³/mol. The van der Waals surface area contributed by atoms with Crippen LogP contribution in [0.15, 0.2) is 12.1 Å². The van der Waals surface area contributed by atoms with Gasteiger partial charge in [-0.05, 0) is 25.5 Å². The van der Waals surface area contributed by atoms with E-state index in [9.17, 15) is 9.59 Å². The second kappa shape index (κ2) is 5.65. The molecule has 0 spiro atoms. The van der Waals surface area contributed by atoms with Crippen molar-refractivity contribution >= 4 is 23.2 Å². The molecule has 0 saturated heterocycles. The summed E-state index contributed by atoms with van der Waals surface area (Å²) in [7, 11) is 0. The van der Waals surface area contributed by atoms with E-state index >= 15 is 0 Å². The molecule has 0 aliphatic carbocycles. The summed E-state index contributed by atoms with van der Waals surface area (Å²) in [5, 5.41) is 11.4. The van der Waals surface area contributed by atoms with Gasteiger partial charge in [0.1, 0.15) is 0 Å². The second-order valence-electron chi connectivity index (χ2n) is 3.59. The van der Waals surface area contributed by atoms with E-state index in [2.05, 4.69) is 5.32 Å². The zero-order valence-electron chi connectivity index (χ0n) is 9.32. The average molecular weight is 241 g/mol. The number of thiophene rings is 1. The Bertz CT molecular complexity index is 386. The maximum Gasteiger partial charge on any atom is 0.305 e. The lowest BCUT2D eigenvalue weighted by molar-refractivity contribution is -0.137. The summed E-state index contributed by atoms with van der Waals surface area (Å²) in [6, 6.07) is 3.33. The summed E-state index contributed by atoms with van der Waals surface area (Å²) in [5.74, 6) is -1.08. The fraction of sp³-hybridized carbons (Fsp3) is 0.455. The molecule has 16 heavy (non-hydrogen) atoms. The fourth-order valence-electron chi connectivity index (χ4n) is 1.32. The second-order valence-corrected chi connectivity index (χ2v) is 4.87. The van der Waals surface area contributed by atoms with Crippen molar-refractivity contribution in [2.24, 2.45) is 0 Å². The zero-order chi connectivity index (χ0) is 12.1. The lowest BCUT2D eigenvalue weighted by atomic mass is 10.1. The molecule has 1 unspecified atom stereocenters. The maximum atomic E-state index is 11.7. The molecule has 1 aromatic rings. The van der Waals surface area contributed by atoms with Crippen LogP contribution < -0.4 is 5.32 Å². The lowest BCUT2D eigenvalue weighted by Gasteiger charge is -2.13. The standard InChI is InChI=1S/C11H15NO3S/c1-3-8(6-10(13)14)12-11(15)9-5-4-7(2)16-9/h4-5,8H,3,6H2,1-2H3,(H,12,15)(H,13,14). The number of rotatable bonds is 5. The van der Waals surface area contributed by atoms with Crippen LogP contribution in [0.1, 0.15) is 34.3 Å². The topological polar surface area (TPSA) is 66.4 Å². The molecule has 5 heteroatoms. The Hall–Kier alpha value is -1.36. The van der Waals surface area contributed by atoms with Crippen molar-refractivity contribution in [3.63, 3.8) is 0 Å². The molecule has 1 aromatic heterocycles. The lowest BCUT2D eigenvalue weighted by Crippen LogP contribution is -2.35. The molecule has 1 rings (SSSR count). The minimum absolute atomic E-state index is 0.0351. The normalized spacial score (nSPS) is 12.1. The summed E-state index contributed by atoms with van der Waals surface area (Å²) in [5.41, 5.74) is 0. The Kier molecular flexibility index (Phi) is 4.49. The van der Waals surface area contributed by atoms with Crippen molar-refractivity contribution < 1.29 is 14.7 Å². The van der Waals surface area contributed by atoms with Gasteiger partial charge in [0, 0.05) is 10.9 Å². The van der Waals surface area contributed by atoms with Crippen LogP contribution in [0.5, 0.6) is 0 Å². The molecule has 0 aromatic carbocycles. The maximum absolute atomic E-state index is 11.7. The number of nitrogens with one attached hydrogen (secondary N) is 1. The molecule has 1 amide bonds. The van der Waals surface area contributed by atoms with Gasteiger partial charge in [0.2, 0.25) is 0 Å². The van der Waals surface area contributed by atoms with Crippen LogP contribution in [-0.4, -0.2) is 23.0 Å². The van der Waals surface area contributed by atoms with Gasteiger partial charge in [-0.2, -0.15) is 0 Å². The molecule has 1 atom stereocenters. The Balaban J connectivity index is 2.58. The quantitative estimate of drug-likeness (QED) is 0.829. The van der Waals surface area contributed by atoms with Gasteiger partial charge in [0.25, 0.3) is 5.91 Å². The molecule has 2 N–H and O–H groups in total. The van der Waals surface area contributed by atoms with Crippen molar-refractivity contribution in [3.8, 4) is 0 Å².